The molecule has 382 valence electrons. The summed E-state index contributed by atoms with van der Waals surface area (Å²) in [7, 11) is 0. The van der Waals surface area contributed by atoms with Crippen LogP contribution in [0.4, 0.5) is 0 Å². The third-order valence-electron chi connectivity index (χ3n) is 18.0. The summed E-state index contributed by atoms with van der Waals surface area (Å²) in [5.74, 6) is 1.81. The molecule has 0 unspecified atom stereocenters. The van der Waals surface area contributed by atoms with Crippen molar-refractivity contribution in [2.75, 3.05) is 0 Å². The molecule has 0 spiro atoms. The maximum atomic E-state index is 6.76. The number of aromatic nitrogens is 5. The van der Waals surface area contributed by atoms with Gasteiger partial charge in [-0.2, -0.15) is 9.97 Å². The standard InChI is InChI=1S/C75H51N5O/c1-74(2)60-28-16-14-25-51(60)53-40-57-55-37-46(31-34-64(55)79(66(57)42-62(53)74)49-23-12-7-13-24-49)47-33-36-68-59(38-47)70-50(27-18-30-69(70)81-68)48-32-35-65-56(39-48)58-41-54-52-26-15-17-29-61(52)75(3,4)63(54)43-67(58)80(65)73-77-71(44-19-8-5-9-20-44)76-72(78-73)45-21-10-6-11-22-45/h5-43H,1-4H3. The Balaban J connectivity index is 0.861. The van der Waals surface area contributed by atoms with Crippen molar-refractivity contribution in [2.24, 2.45) is 0 Å². The minimum atomic E-state index is -0.218. The number of hydrogen-bond acceptors (Lipinski definition) is 4. The van der Waals surface area contributed by atoms with Crippen molar-refractivity contribution in [3.63, 3.8) is 0 Å². The zero-order valence-electron chi connectivity index (χ0n) is 45.2. The number of rotatable bonds is 6. The molecule has 15 aromatic rings. The molecule has 2 aliphatic rings. The number of fused-ring (bicyclic) bond motifs is 15. The number of furan rings is 1. The van der Waals surface area contributed by atoms with Crippen LogP contribution >= 0.6 is 0 Å². The molecule has 0 saturated heterocycles. The molecule has 4 heterocycles. The van der Waals surface area contributed by atoms with Crippen LogP contribution in [0.5, 0.6) is 0 Å². The second kappa shape index (κ2) is 16.7. The summed E-state index contributed by atoms with van der Waals surface area (Å²) >= 11 is 0. The van der Waals surface area contributed by atoms with E-state index in [-0.39, 0.29) is 10.8 Å². The van der Waals surface area contributed by atoms with Crippen LogP contribution in [0.2, 0.25) is 0 Å². The molecule has 0 bridgehead atoms. The summed E-state index contributed by atoms with van der Waals surface area (Å²) in [4.78, 5) is 15.7. The lowest BCUT2D eigenvalue weighted by atomic mass is 9.82. The number of para-hydroxylation sites is 1. The molecule has 0 N–H and O–H groups in total. The summed E-state index contributed by atoms with van der Waals surface area (Å²) in [6, 6.07) is 85.8. The molecule has 17 rings (SSSR count). The van der Waals surface area contributed by atoms with E-state index in [1.165, 1.54) is 66.3 Å². The minimum Gasteiger partial charge on any atom is -0.456 e. The topological polar surface area (TPSA) is 61.7 Å². The summed E-state index contributed by atoms with van der Waals surface area (Å²) in [6.07, 6.45) is 0. The quantitative estimate of drug-likeness (QED) is 0.166. The fourth-order valence-electron chi connectivity index (χ4n) is 14.0. The van der Waals surface area contributed by atoms with Crippen LogP contribution in [-0.4, -0.2) is 24.1 Å². The van der Waals surface area contributed by atoms with Crippen LogP contribution < -0.4 is 0 Å². The summed E-state index contributed by atoms with van der Waals surface area (Å²) in [6.45, 7) is 9.41. The Morgan fingerprint density at radius 1 is 0.309 bits per heavy atom. The van der Waals surface area contributed by atoms with Crippen LogP contribution in [-0.2, 0) is 10.8 Å². The molecular formula is C75H51N5O. The van der Waals surface area contributed by atoms with Gasteiger partial charge in [-0.25, -0.2) is 4.98 Å². The largest absolute Gasteiger partial charge is 0.456 e. The molecule has 0 amide bonds. The van der Waals surface area contributed by atoms with Crippen molar-refractivity contribution in [3.05, 3.63) is 259 Å². The van der Waals surface area contributed by atoms with Crippen molar-refractivity contribution < 1.29 is 4.42 Å². The Hall–Kier alpha value is -10.2. The van der Waals surface area contributed by atoms with Gasteiger partial charge in [-0.1, -0.05) is 185 Å². The maximum absolute atomic E-state index is 6.76. The zero-order chi connectivity index (χ0) is 53.9. The average molecular weight is 1040 g/mol. The van der Waals surface area contributed by atoms with Gasteiger partial charge >= 0.3 is 0 Å². The highest BCUT2D eigenvalue weighted by molar-refractivity contribution is 6.17. The van der Waals surface area contributed by atoms with Gasteiger partial charge in [0.2, 0.25) is 5.95 Å². The first-order valence-corrected chi connectivity index (χ1v) is 28.0. The molecule has 0 fully saturated rings. The molecular weight excluding hydrogens is 987 g/mol. The predicted molar refractivity (Wildman–Crippen MR) is 333 cm³/mol. The van der Waals surface area contributed by atoms with Crippen LogP contribution in [0.3, 0.4) is 0 Å². The van der Waals surface area contributed by atoms with Gasteiger partial charge in [0.15, 0.2) is 11.6 Å². The van der Waals surface area contributed by atoms with Crippen LogP contribution in [0, 0.1) is 0 Å². The summed E-state index contributed by atoms with van der Waals surface area (Å²) in [5, 5.41) is 6.88. The van der Waals surface area contributed by atoms with E-state index in [4.69, 9.17) is 19.4 Å². The molecule has 0 atom stereocenters. The maximum Gasteiger partial charge on any atom is 0.238 e. The van der Waals surface area contributed by atoms with Crippen molar-refractivity contribution in [2.45, 2.75) is 38.5 Å². The van der Waals surface area contributed by atoms with Crippen molar-refractivity contribution >= 4 is 65.6 Å². The first-order valence-electron chi connectivity index (χ1n) is 28.0. The van der Waals surface area contributed by atoms with E-state index >= 15 is 0 Å². The molecule has 0 saturated carbocycles. The van der Waals surface area contributed by atoms with E-state index in [0.717, 1.165) is 82.8 Å². The summed E-state index contributed by atoms with van der Waals surface area (Å²) < 4.78 is 11.5. The highest BCUT2D eigenvalue weighted by Gasteiger charge is 2.38. The van der Waals surface area contributed by atoms with E-state index in [1.54, 1.807) is 0 Å². The summed E-state index contributed by atoms with van der Waals surface area (Å²) in [5.41, 5.74) is 23.9. The fourth-order valence-corrected chi connectivity index (χ4v) is 14.0. The van der Waals surface area contributed by atoms with Gasteiger partial charge in [0.25, 0.3) is 0 Å². The molecule has 2 aliphatic carbocycles. The van der Waals surface area contributed by atoms with E-state index in [1.807, 2.05) is 36.4 Å². The van der Waals surface area contributed by atoms with Gasteiger partial charge < -0.3 is 8.98 Å². The second-order valence-electron chi connectivity index (χ2n) is 23.1. The third-order valence-corrected chi connectivity index (χ3v) is 18.0. The zero-order valence-corrected chi connectivity index (χ0v) is 45.2. The van der Waals surface area contributed by atoms with Crippen LogP contribution in [0.15, 0.2) is 241 Å². The normalized spacial score (nSPS) is 13.9. The van der Waals surface area contributed by atoms with Gasteiger partial charge in [-0.05, 0) is 146 Å². The molecule has 0 radical (unpaired) electrons. The molecule has 4 aromatic heterocycles. The Bertz CT molecular complexity index is 5100. The number of benzene rings is 11. The first-order chi connectivity index (χ1) is 39.7. The first kappa shape index (κ1) is 45.8. The van der Waals surface area contributed by atoms with Gasteiger partial charge in [0, 0.05) is 60.0 Å². The predicted octanol–water partition coefficient (Wildman–Crippen LogP) is 19.2. The van der Waals surface area contributed by atoms with Crippen molar-refractivity contribution in [3.8, 4) is 78.9 Å². The van der Waals surface area contributed by atoms with Crippen LogP contribution in [0.25, 0.3) is 144 Å². The van der Waals surface area contributed by atoms with Crippen molar-refractivity contribution in [1.29, 1.82) is 0 Å². The molecule has 6 nitrogen and oxygen atoms in total. The molecule has 0 aliphatic heterocycles. The van der Waals surface area contributed by atoms with Gasteiger partial charge in [-0.3, -0.25) is 4.57 Å². The Morgan fingerprint density at radius 3 is 1.38 bits per heavy atom. The van der Waals surface area contributed by atoms with E-state index in [0.29, 0.717) is 17.6 Å². The smallest absolute Gasteiger partial charge is 0.238 e. The second-order valence-corrected chi connectivity index (χ2v) is 23.1. The van der Waals surface area contributed by atoms with Gasteiger partial charge in [0.1, 0.15) is 11.2 Å². The SMILES string of the molecule is CC1(C)c2ccccc2-c2cc3c4cc(-c5ccc6oc7cccc(-c8ccc9c(c8)c8cc%10c(cc8n9-c8nc(-c9ccccc9)nc(-c9ccccc9)n8)C(C)(C)c8ccccc8-%10)c7c6c5)ccc4n(-c4ccccc4)c3cc21. The van der Waals surface area contributed by atoms with Gasteiger partial charge in [-0.15, -0.1) is 0 Å². The van der Waals surface area contributed by atoms with E-state index in [2.05, 4.69) is 237 Å². The van der Waals surface area contributed by atoms with Gasteiger partial charge in [0.05, 0.1) is 22.1 Å². The lowest BCUT2D eigenvalue weighted by molar-refractivity contribution is 0.661. The number of nitrogens with zero attached hydrogens (tertiary/aromatic N) is 5. The highest BCUT2D eigenvalue weighted by atomic mass is 16.3. The van der Waals surface area contributed by atoms with Crippen molar-refractivity contribution in [1.82, 2.24) is 24.1 Å². The van der Waals surface area contributed by atoms with E-state index < -0.39 is 0 Å². The minimum absolute atomic E-state index is 0.116. The fraction of sp³-hybridized carbons (Fsp3) is 0.0800. The lowest BCUT2D eigenvalue weighted by Crippen LogP contribution is -2.15. The average Bonchev–Trinajstić information content (AvgIpc) is 4.42. The van der Waals surface area contributed by atoms with Crippen LogP contribution in [0.1, 0.15) is 49.9 Å². The number of hydrogen-bond donors (Lipinski definition) is 0. The lowest BCUT2D eigenvalue weighted by Gasteiger charge is -2.21. The Morgan fingerprint density at radius 2 is 0.778 bits per heavy atom. The molecule has 6 heteroatoms. The van der Waals surface area contributed by atoms with E-state index in [9.17, 15) is 0 Å². The Labute approximate surface area is 467 Å². The Kier molecular flexibility index (Phi) is 9.43. The molecule has 11 aromatic carbocycles. The highest BCUT2D eigenvalue weighted by Crippen LogP contribution is 2.53. The third kappa shape index (κ3) is 6.59. The monoisotopic (exact) mass is 1040 g/mol. The molecule has 81 heavy (non-hydrogen) atoms.